The second-order valence-electron chi connectivity index (χ2n) is 5.40. The Balaban J connectivity index is 1.90. The zero-order valence-corrected chi connectivity index (χ0v) is 12.8. The first-order valence-corrected chi connectivity index (χ1v) is 8.14. The second-order valence-corrected chi connectivity index (χ2v) is 6.28. The molecule has 5 nitrogen and oxygen atoms in total. The summed E-state index contributed by atoms with van der Waals surface area (Å²) in [5, 5.41) is 12.0. The number of aliphatic carboxylic acids is 1. The van der Waals surface area contributed by atoms with E-state index in [-0.39, 0.29) is 5.92 Å². The molecule has 6 heteroatoms. The van der Waals surface area contributed by atoms with Gasteiger partial charge < -0.3 is 14.9 Å². The first-order valence-electron chi connectivity index (χ1n) is 7.26. The number of aromatic nitrogens is 1. The number of carbonyl (C=O) groups is 1. The highest BCUT2D eigenvalue weighted by Gasteiger charge is 2.19. The molecule has 1 aliphatic rings. The van der Waals surface area contributed by atoms with Crippen molar-refractivity contribution in [1.29, 1.82) is 0 Å². The Kier molecular flexibility index (Phi) is 5.79. The zero-order chi connectivity index (χ0) is 14.4. The van der Waals surface area contributed by atoms with Gasteiger partial charge in [0.25, 0.3) is 0 Å². The van der Waals surface area contributed by atoms with Gasteiger partial charge in [0.2, 0.25) is 0 Å². The number of hydrogen-bond donors (Lipinski definition) is 1. The molecule has 1 fully saturated rings. The number of carboxylic acid groups (broad SMARTS) is 1. The summed E-state index contributed by atoms with van der Waals surface area (Å²) >= 11 is 1.57. The fourth-order valence-corrected chi connectivity index (χ4v) is 3.17. The predicted octanol–water partition coefficient (Wildman–Crippen LogP) is 2.16. The molecule has 1 aromatic heterocycles. The van der Waals surface area contributed by atoms with Gasteiger partial charge in [-0.1, -0.05) is 13.3 Å². The van der Waals surface area contributed by atoms with E-state index in [4.69, 9.17) is 5.11 Å². The molecule has 0 spiro atoms. The van der Waals surface area contributed by atoms with Crippen LogP contribution in [0.25, 0.3) is 0 Å². The fraction of sp³-hybridized carbons (Fsp3) is 0.714. The first kappa shape index (κ1) is 15.3. The van der Waals surface area contributed by atoms with Crippen LogP contribution in [0.1, 0.15) is 26.2 Å². The molecule has 1 unspecified atom stereocenters. The van der Waals surface area contributed by atoms with E-state index in [9.17, 15) is 4.79 Å². The highest BCUT2D eigenvalue weighted by molar-refractivity contribution is 7.13. The maximum Gasteiger partial charge on any atom is 0.308 e. The first-order chi connectivity index (χ1) is 9.66. The SMILES string of the molecule is CC(CN(CCN1CCCCC1)c1nccs1)C(=O)O. The molecule has 0 aromatic carbocycles. The fourth-order valence-electron chi connectivity index (χ4n) is 2.49. The van der Waals surface area contributed by atoms with Crippen molar-refractivity contribution in [2.75, 3.05) is 37.6 Å². The van der Waals surface area contributed by atoms with Gasteiger partial charge in [-0.2, -0.15) is 0 Å². The lowest BCUT2D eigenvalue weighted by Crippen LogP contribution is -2.40. The summed E-state index contributed by atoms with van der Waals surface area (Å²) in [4.78, 5) is 20.0. The van der Waals surface area contributed by atoms with Crippen molar-refractivity contribution >= 4 is 22.4 Å². The largest absolute Gasteiger partial charge is 0.481 e. The molecule has 20 heavy (non-hydrogen) atoms. The van der Waals surface area contributed by atoms with Gasteiger partial charge in [0.15, 0.2) is 5.13 Å². The molecule has 0 saturated carbocycles. The molecule has 0 amide bonds. The second kappa shape index (κ2) is 7.59. The van der Waals surface area contributed by atoms with Crippen LogP contribution in [-0.2, 0) is 4.79 Å². The minimum atomic E-state index is -0.746. The van der Waals surface area contributed by atoms with E-state index in [2.05, 4.69) is 14.8 Å². The van der Waals surface area contributed by atoms with Crippen LogP contribution in [0.3, 0.4) is 0 Å². The molecule has 1 aliphatic heterocycles. The summed E-state index contributed by atoms with van der Waals surface area (Å²) in [5.41, 5.74) is 0. The number of rotatable bonds is 7. The van der Waals surface area contributed by atoms with Gasteiger partial charge in [0.1, 0.15) is 0 Å². The van der Waals surface area contributed by atoms with E-state index in [0.29, 0.717) is 6.54 Å². The Morgan fingerprint density at radius 1 is 1.50 bits per heavy atom. The van der Waals surface area contributed by atoms with Crippen LogP contribution in [0.5, 0.6) is 0 Å². The number of hydrogen-bond acceptors (Lipinski definition) is 5. The van der Waals surface area contributed by atoms with Gasteiger partial charge in [0, 0.05) is 31.2 Å². The molecule has 1 saturated heterocycles. The van der Waals surface area contributed by atoms with Crippen molar-refractivity contribution in [2.45, 2.75) is 26.2 Å². The lowest BCUT2D eigenvalue weighted by Gasteiger charge is -2.30. The predicted molar refractivity (Wildman–Crippen MR) is 81.4 cm³/mol. The van der Waals surface area contributed by atoms with Crippen LogP contribution in [0, 0.1) is 5.92 Å². The summed E-state index contributed by atoms with van der Waals surface area (Å²) in [7, 11) is 0. The minimum Gasteiger partial charge on any atom is -0.481 e. The molecule has 1 N–H and O–H groups in total. The highest BCUT2D eigenvalue weighted by Crippen LogP contribution is 2.19. The lowest BCUT2D eigenvalue weighted by atomic mass is 10.1. The Hall–Kier alpha value is -1.14. The third kappa shape index (κ3) is 4.45. The van der Waals surface area contributed by atoms with Crippen LogP contribution >= 0.6 is 11.3 Å². The Labute approximate surface area is 124 Å². The van der Waals surface area contributed by atoms with Gasteiger partial charge in [-0.05, 0) is 25.9 Å². The summed E-state index contributed by atoms with van der Waals surface area (Å²) < 4.78 is 0. The highest BCUT2D eigenvalue weighted by atomic mass is 32.1. The van der Waals surface area contributed by atoms with E-state index >= 15 is 0 Å². The number of nitrogens with zero attached hydrogens (tertiary/aromatic N) is 3. The van der Waals surface area contributed by atoms with Crippen molar-refractivity contribution in [3.8, 4) is 0 Å². The third-order valence-electron chi connectivity index (χ3n) is 3.74. The Morgan fingerprint density at radius 3 is 2.85 bits per heavy atom. The van der Waals surface area contributed by atoms with Crippen LogP contribution in [0.2, 0.25) is 0 Å². The van der Waals surface area contributed by atoms with Crippen molar-refractivity contribution in [3.05, 3.63) is 11.6 Å². The molecule has 0 aliphatic carbocycles. The molecular weight excluding hydrogens is 274 g/mol. The summed E-state index contributed by atoms with van der Waals surface area (Å²) in [5.74, 6) is -1.12. The maximum atomic E-state index is 11.1. The van der Waals surface area contributed by atoms with Crippen LogP contribution in [-0.4, -0.2) is 53.7 Å². The van der Waals surface area contributed by atoms with Gasteiger partial charge in [-0.15, -0.1) is 11.3 Å². The van der Waals surface area contributed by atoms with Crippen LogP contribution in [0.4, 0.5) is 5.13 Å². The smallest absolute Gasteiger partial charge is 0.308 e. The van der Waals surface area contributed by atoms with Gasteiger partial charge >= 0.3 is 5.97 Å². The Morgan fingerprint density at radius 2 is 2.25 bits per heavy atom. The summed E-state index contributed by atoms with van der Waals surface area (Å²) in [6.07, 6.45) is 5.67. The molecule has 1 atom stereocenters. The molecule has 2 rings (SSSR count). The average molecular weight is 297 g/mol. The Bertz CT molecular complexity index is 405. The van der Waals surface area contributed by atoms with Crippen molar-refractivity contribution in [2.24, 2.45) is 5.92 Å². The van der Waals surface area contributed by atoms with E-state index in [0.717, 1.165) is 18.2 Å². The topological polar surface area (TPSA) is 56.7 Å². The van der Waals surface area contributed by atoms with E-state index in [1.54, 1.807) is 24.5 Å². The van der Waals surface area contributed by atoms with Gasteiger partial charge in [0.05, 0.1) is 5.92 Å². The van der Waals surface area contributed by atoms with Gasteiger partial charge in [-0.25, -0.2) is 4.98 Å². The molecule has 2 heterocycles. The minimum absolute atomic E-state index is 0.375. The van der Waals surface area contributed by atoms with Crippen molar-refractivity contribution in [1.82, 2.24) is 9.88 Å². The zero-order valence-electron chi connectivity index (χ0n) is 12.0. The summed E-state index contributed by atoms with van der Waals surface area (Å²) in [6, 6.07) is 0. The van der Waals surface area contributed by atoms with Crippen LogP contribution < -0.4 is 4.90 Å². The number of piperidine rings is 1. The number of thiazole rings is 1. The molecule has 0 bridgehead atoms. The maximum absolute atomic E-state index is 11.1. The van der Waals surface area contributed by atoms with E-state index in [1.807, 2.05) is 5.38 Å². The standard InChI is InChI=1S/C14H23N3O2S/c1-12(13(18)19)11-17(14-15-5-10-20-14)9-8-16-6-3-2-4-7-16/h5,10,12H,2-4,6-9,11H2,1H3,(H,18,19). The lowest BCUT2D eigenvalue weighted by molar-refractivity contribution is -0.140. The molecular formula is C14H23N3O2S. The van der Waals surface area contributed by atoms with Crippen LogP contribution in [0.15, 0.2) is 11.6 Å². The number of likely N-dealkylation sites (tertiary alicyclic amines) is 1. The van der Waals surface area contributed by atoms with E-state index < -0.39 is 5.97 Å². The van der Waals surface area contributed by atoms with Gasteiger partial charge in [-0.3, -0.25) is 4.79 Å². The van der Waals surface area contributed by atoms with Crippen molar-refractivity contribution in [3.63, 3.8) is 0 Å². The summed E-state index contributed by atoms with van der Waals surface area (Å²) in [6.45, 7) is 6.46. The molecule has 112 valence electrons. The monoisotopic (exact) mass is 297 g/mol. The molecule has 0 radical (unpaired) electrons. The molecule has 1 aromatic rings. The number of carboxylic acids is 1. The van der Waals surface area contributed by atoms with E-state index in [1.165, 1.54) is 32.4 Å². The normalized spacial score (nSPS) is 17.9. The third-order valence-corrected chi connectivity index (χ3v) is 4.57. The average Bonchev–Trinajstić information content (AvgIpc) is 2.98. The number of anilines is 1. The quantitative estimate of drug-likeness (QED) is 0.836. The van der Waals surface area contributed by atoms with Crippen molar-refractivity contribution < 1.29 is 9.90 Å².